The van der Waals surface area contributed by atoms with E-state index in [0.717, 1.165) is 57.0 Å². The van der Waals surface area contributed by atoms with Crippen LogP contribution in [0.2, 0.25) is 0 Å². The zero-order valence-corrected chi connectivity index (χ0v) is 18.8. The van der Waals surface area contributed by atoms with Gasteiger partial charge in [-0.1, -0.05) is 0 Å². The molecule has 8 nitrogen and oxygen atoms in total. The number of nitrogens with zero attached hydrogens (tertiary/aromatic N) is 6. The number of hydrogen-bond acceptors (Lipinski definition) is 8. The van der Waals surface area contributed by atoms with Crippen molar-refractivity contribution in [2.24, 2.45) is 11.3 Å². The normalized spacial score (nSPS) is 24.9. The number of nitrogens with one attached hydrogen (secondary N) is 1. The van der Waals surface area contributed by atoms with Crippen LogP contribution in [0.3, 0.4) is 0 Å². The molecule has 0 radical (unpaired) electrons. The number of aromatic nitrogens is 4. The maximum absolute atomic E-state index is 9.80. The molecule has 1 aliphatic heterocycles. The van der Waals surface area contributed by atoms with Gasteiger partial charge < -0.3 is 10.1 Å². The molecule has 1 atom stereocenters. The second-order valence-electron chi connectivity index (χ2n) is 8.77. The highest BCUT2D eigenvalue weighted by molar-refractivity contribution is 7.99. The Morgan fingerprint density at radius 2 is 1.97 bits per heavy atom. The Hall–Kier alpha value is -1.21. The van der Waals surface area contributed by atoms with Gasteiger partial charge in [0.2, 0.25) is 0 Å². The predicted molar refractivity (Wildman–Crippen MR) is 114 cm³/mol. The van der Waals surface area contributed by atoms with Crippen molar-refractivity contribution >= 4 is 11.8 Å². The van der Waals surface area contributed by atoms with E-state index >= 15 is 0 Å². The molecule has 1 unspecified atom stereocenters. The van der Waals surface area contributed by atoms with Crippen molar-refractivity contribution in [3.05, 3.63) is 5.82 Å². The van der Waals surface area contributed by atoms with Crippen molar-refractivity contribution in [1.82, 2.24) is 30.4 Å². The third kappa shape index (κ3) is 6.14. The summed E-state index contributed by atoms with van der Waals surface area (Å²) >= 11 is 1.99. The van der Waals surface area contributed by atoms with Crippen LogP contribution in [0.5, 0.6) is 0 Å². The molecule has 2 fully saturated rings. The van der Waals surface area contributed by atoms with Gasteiger partial charge in [0.15, 0.2) is 5.82 Å². The van der Waals surface area contributed by atoms with E-state index in [1.807, 2.05) is 30.3 Å². The van der Waals surface area contributed by atoms with E-state index < -0.39 is 5.41 Å². The smallest absolute Gasteiger partial charge is 0.169 e. The van der Waals surface area contributed by atoms with Gasteiger partial charge in [-0.2, -0.15) is 17.0 Å². The van der Waals surface area contributed by atoms with Crippen molar-refractivity contribution in [2.45, 2.75) is 57.4 Å². The minimum absolute atomic E-state index is 0.189. The van der Waals surface area contributed by atoms with Gasteiger partial charge in [-0.3, -0.25) is 4.90 Å². The number of thioether (sulfide) groups is 1. The summed E-state index contributed by atoms with van der Waals surface area (Å²) in [6.07, 6.45) is 7.29. The molecule has 1 saturated carbocycles. The number of tetrazole rings is 1. The maximum atomic E-state index is 9.80. The van der Waals surface area contributed by atoms with Gasteiger partial charge in [-0.05, 0) is 68.7 Å². The minimum atomic E-state index is -0.595. The molecule has 1 aliphatic carbocycles. The lowest BCUT2D eigenvalue weighted by Crippen LogP contribution is -2.40. The molecule has 2 heterocycles. The van der Waals surface area contributed by atoms with Crippen LogP contribution in [0.1, 0.15) is 51.4 Å². The average Bonchev–Trinajstić information content (AvgIpc) is 3.21. The molecule has 9 heteroatoms. The van der Waals surface area contributed by atoms with Crippen LogP contribution in [0.15, 0.2) is 0 Å². The zero-order valence-electron chi connectivity index (χ0n) is 18.0. The summed E-state index contributed by atoms with van der Waals surface area (Å²) in [5, 5.41) is 26.8. The summed E-state index contributed by atoms with van der Waals surface area (Å²) in [5.74, 6) is 1.43. The lowest BCUT2D eigenvalue weighted by Gasteiger charge is -2.32. The molecule has 1 N–H and O–H groups in total. The molecule has 29 heavy (non-hydrogen) atoms. The summed E-state index contributed by atoms with van der Waals surface area (Å²) in [6.45, 7) is 9.92. The van der Waals surface area contributed by atoms with Crippen LogP contribution >= 0.6 is 11.8 Å². The first-order chi connectivity index (χ1) is 14.0. The Balaban J connectivity index is 1.63. The van der Waals surface area contributed by atoms with Crippen LogP contribution in [0.4, 0.5) is 0 Å². The van der Waals surface area contributed by atoms with Crippen LogP contribution < -0.4 is 5.32 Å². The Morgan fingerprint density at radius 1 is 1.24 bits per heavy atom. The third-order valence-corrected chi connectivity index (χ3v) is 7.44. The molecular formula is C20H35N7OS. The quantitative estimate of drug-likeness (QED) is 0.648. The molecule has 0 amide bonds. The van der Waals surface area contributed by atoms with Gasteiger partial charge in [0.25, 0.3) is 0 Å². The number of hydrogen-bond donors (Lipinski definition) is 1. The highest BCUT2D eigenvalue weighted by atomic mass is 32.2. The van der Waals surface area contributed by atoms with Gasteiger partial charge >= 0.3 is 0 Å². The first-order valence-corrected chi connectivity index (χ1v) is 12.1. The van der Waals surface area contributed by atoms with Crippen LogP contribution in [-0.4, -0.2) is 76.0 Å². The van der Waals surface area contributed by atoms with Gasteiger partial charge in [0.1, 0.15) is 0 Å². The maximum Gasteiger partial charge on any atom is 0.169 e. The SMILES string of the molecule is CSC1CCC(CNC(c2nnnn2CCN2CCOCC2)C(C)(C)C#N)CC1. The van der Waals surface area contributed by atoms with Crippen molar-refractivity contribution in [2.75, 3.05) is 45.6 Å². The van der Waals surface area contributed by atoms with E-state index in [0.29, 0.717) is 5.92 Å². The topological polar surface area (TPSA) is 91.9 Å². The molecule has 162 valence electrons. The van der Waals surface area contributed by atoms with Gasteiger partial charge in [0, 0.05) is 24.9 Å². The van der Waals surface area contributed by atoms with Crippen LogP contribution in [-0.2, 0) is 11.3 Å². The summed E-state index contributed by atoms with van der Waals surface area (Å²) in [6, 6.07) is 2.28. The zero-order chi connectivity index (χ0) is 20.7. The molecule has 1 aromatic heterocycles. The molecule has 0 bridgehead atoms. The Labute approximate surface area is 178 Å². The summed E-state index contributed by atoms with van der Waals surface area (Å²) in [5.41, 5.74) is -0.595. The molecule has 2 aliphatic rings. The first kappa shape index (κ1) is 22.5. The monoisotopic (exact) mass is 421 g/mol. The lowest BCUT2D eigenvalue weighted by atomic mass is 9.84. The van der Waals surface area contributed by atoms with E-state index in [9.17, 15) is 5.26 Å². The summed E-state index contributed by atoms with van der Waals surface area (Å²) < 4.78 is 7.30. The summed E-state index contributed by atoms with van der Waals surface area (Å²) in [4.78, 5) is 2.37. The third-order valence-electron chi connectivity index (χ3n) is 6.30. The number of rotatable bonds is 9. The van der Waals surface area contributed by atoms with E-state index in [4.69, 9.17) is 4.74 Å². The standard InChI is InChI=1S/C20H35N7OS/c1-20(2,15-21)18(22-14-16-4-6-17(29-3)7-5-16)19-23-24-25-27(19)9-8-26-10-12-28-13-11-26/h16-18,22H,4-14H2,1-3H3. The van der Waals surface area contributed by atoms with Crippen LogP contribution in [0, 0.1) is 22.7 Å². The molecule has 3 rings (SSSR count). The Kier molecular flexibility index (Phi) is 8.30. The van der Waals surface area contributed by atoms with Gasteiger partial charge in [-0.25, -0.2) is 4.68 Å². The molecule has 1 saturated heterocycles. The second-order valence-corrected chi connectivity index (χ2v) is 9.91. The van der Waals surface area contributed by atoms with Crippen LogP contribution in [0.25, 0.3) is 0 Å². The van der Waals surface area contributed by atoms with E-state index in [-0.39, 0.29) is 6.04 Å². The fourth-order valence-corrected chi connectivity index (χ4v) is 4.97. The van der Waals surface area contributed by atoms with Crippen molar-refractivity contribution in [1.29, 1.82) is 5.26 Å². The average molecular weight is 422 g/mol. The van der Waals surface area contributed by atoms with Crippen molar-refractivity contribution in [3.63, 3.8) is 0 Å². The number of morpholine rings is 1. The van der Waals surface area contributed by atoms with Gasteiger partial charge in [0.05, 0.1) is 37.3 Å². The van der Waals surface area contributed by atoms with Gasteiger partial charge in [-0.15, -0.1) is 5.10 Å². The Bertz CT molecular complexity index is 660. The number of ether oxygens (including phenoxy) is 1. The molecule has 0 aromatic carbocycles. The Morgan fingerprint density at radius 3 is 2.62 bits per heavy atom. The fourth-order valence-electron chi connectivity index (χ4n) is 4.23. The molecule has 1 aromatic rings. The fraction of sp³-hybridized carbons (Fsp3) is 0.900. The van der Waals surface area contributed by atoms with E-state index in [1.165, 1.54) is 25.7 Å². The highest BCUT2D eigenvalue weighted by Crippen LogP contribution is 2.34. The van der Waals surface area contributed by atoms with Crippen molar-refractivity contribution < 1.29 is 4.74 Å². The first-order valence-electron chi connectivity index (χ1n) is 10.8. The summed E-state index contributed by atoms with van der Waals surface area (Å²) in [7, 11) is 0. The van der Waals surface area contributed by atoms with Crippen molar-refractivity contribution in [3.8, 4) is 6.07 Å². The van der Waals surface area contributed by atoms with E-state index in [1.54, 1.807) is 0 Å². The minimum Gasteiger partial charge on any atom is -0.379 e. The second kappa shape index (κ2) is 10.7. The predicted octanol–water partition coefficient (Wildman–Crippen LogP) is 2.11. The molecule has 0 spiro atoms. The lowest BCUT2D eigenvalue weighted by molar-refractivity contribution is 0.0356. The molecular weight excluding hydrogens is 386 g/mol. The highest BCUT2D eigenvalue weighted by Gasteiger charge is 2.35. The largest absolute Gasteiger partial charge is 0.379 e. The van der Waals surface area contributed by atoms with E-state index in [2.05, 4.69) is 38.1 Å². The number of nitriles is 1.